The fourth-order valence-corrected chi connectivity index (χ4v) is 2.69. The van der Waals surface area contributed by atoms with Gasteiger partial charge >= 0.3 is 5.97 Å². The Morgan fingerprint density at radius 1 is 1.08 bits per heavy atom. The quantitative estimate of drug-likeness (QED) is 0.904. The number of carboxylic acid groups (broad SMARTS) is 1. The number of para-hydroxylation sites is 1. The maximum Gasteiger partial charge on any atom is 0.326 e. The van der Waals surface area contributed by atoms with Crippen LogP contribution in [0.4, 0.5) is 0 Å². The summed E-state index contributed by atoms with van der Waals surface area (Å²) in [6.45, 7) is 2.46. The predicted molar refractivity (Wildman–Crippen MR) is 90.8 cm³/mol. The highest BCUT2D eigenvalue weighted by Gasteiger charge is 2.30. The van der Waals surface area contributed by atoms with Gasteiger partial charge in [0.05, 0.1) is 5.56 Å². The second-order valence-electron chi connectivity index (χ2n) is 5.76. The maximum absolute atomic E-state index is 13.1. The van der Waals surface area contributed by atoms with E-state index in [2.05, 4.69) is 0 Å². The van der Waals surface area contributed by atoms with Crippen LogP contribution in [0.1, 0.15) is 22.8 Å². The molecule has 6 heteroatoms. The molecule has 0 fully saturated rings. The van der Waals surface area contributed by atoms with Gasteiger partial charge in [-0.05, 0) is 24.6 Å². The highest BCUT2D eigenvalue weighted by Crippen LogP contribution is 2.34. The van der Waals surface area contributed by atoms with Crippen molar-refractivity contribution in [3.05, 3.63) is 59.7 Å². The highest BCUT2D eigenvalue weighted by atomic mass is 16.6. The van der Waals surface area contributed by atoms with Crippen LogP contribution in [0.3, 0.4) is 0 Å². The molecule has 0 saturated carbocycles. The van der Waals surface area contributed by atoms with Crippen molar-refractivity contribution in [1.29, 1.82) is 0 Å². The van der Waals surface area contributed by atoms with E-state index in [1.165, 1.54) is 11.8 Å². The Balaban J connectivity index is 1.95. The number of carbonyl (C=O) groups excluding carboxylic acids is 1. The molecule has 3 rings (SSSR count). The van der Waals surface area contributed by atoms with Crippen LogP contribution in [0.15, 0.2) is 48.5 Å². The molecule has 1 aliphatic rings. The van der Waals surface area contributed by atoms with E-state index in [1.807, 2.05) is 30.3 Å². The predicted octanol–water partition coefficient (Wildman–Crippen LogP) is 2.57. The molecule has 130 valence electrons. The van der Waals surface area contributed by atoms with Crippen molar-refractivity contribution in [1.82, 2.24) is 4.90 Å². The van der Waals surface area contributed by atoms with Crippen LogP contribution in [0, 0.1) is 0 Å². The first-order valence-electron chi connectivity index (χ1n) is 8.04. The van der Waals surface area contributed by atoms with Crippen molar-refractivity contribution >= 4 is 11.9 Å². The Bertz CT molecular complexity index is 775. The number of rotatable bonds is 5. The smallest absolute Gasteiger partial charge is 0.326 e. The molecule has 1 N–H and O–H groups in total. The molecule has 2 aromatic carbocycles. The van der Waals surface area contributed by atoms with Gasteiger partial charge in [0.25, 0.3) is 5.91 Å². The number of carbonyl (C=O) groups is 2. The van der Waals surface area contributed by atoms with E-state index in [1.54, 1.807) is 18.2 Å². The van der Waals surface area contributed by atoms with E-state index in [4.69, 9.17) is 9.47 Å². The lowest BCUT2D eigenvalue weighted by Crippen LogP contribution is -2.43. The van der Waals surface area contributed by atoms with Crippen LogP contribution in [0.5, 0.6) is 11.5 Å². The van der Waals surface area contributed by atoms with Crippen LogP contribution in [-0.4, -0.2) is 41.1 Å². The Morgan fingerprint density at radius 3 is 2.52 bits per heavy atom. The summed E-state index contributed by atoms with van der Waals surface area (Å²) >= 11 is 0. The largest absolute Gasteiger partial charge is 0.486 e. The van der Waals surface area contributed by atoms with E-state index in [0.29, 0.717) is 30.3 Å². The number of fused-ring (bicyclic) bond motifs is 1. The molecule has 1 aliphatic heterocycles. The van der Waals surface area contributed by atoms with Gasteiger partial charge in [0.1, 0.15) is 19.3 Å². The first-order valence-corrected chi connectivity index (χ1v) is 8.04. The number of ether oxygens (including phenoxy) is 2. The van der Waals surface area contributed by atoms with E-state index < -0.39 is 17.9 Å². The van der Waals surface area contributed by atoms with Crippen LogP contribution in [0.25, 0.3) is 0 Å². The number of carboxylic acids is 1. The van der Waals surface area contributed by atoms with Gasteiger partial charge in [-0.15, -0.1) is 0 Å². The lowest BCUT2D eigenvalue weighted by atomic mass is 10.1. The minimum Gasteiger partial charge on any atom is -0.486 e. The summed E-state index contributed by atoms with van der Waals surface area (Å²) in [4.78, 5) is 25.9. The lowest BCUT2D eigenvalue weighted by molar-refractivity contribution is -0.141. The van der Waals surface area contributed by atoms with E-state index in [0.717, 1.165) is 5.56 Å². The zero-order valence-corrected chi connectivity index (χ0v) is 13.8. The van der Waals surface area contributed by atoms with Crippen LogP contribution in [0.2, 0.25) is 0 Å². The fraction of sp³-hybridized carbons (Fsp3) is 0.263. The highest BCUT2D eigenvalue weighted by molar-refractivity contribution is 5.99. The second kappa shape index (κ2) is 7.25. The molecule has 0 bridgehead atoms. The second-order valence-corrected chi connectivity index (χ2v) is 5.76. The Morgan fingerprint density at radius 2 is 1.80 bits per heavy atom. The summed E-state index contributed by atoms with van der Waals surface area (Å²) in [5.74, 6) is -0.596. The molecule has 0 radical (unpaired) electrons. The van der Waals surface area contributed by atoms with Crippen molar-refractivity contribution < 1.29 is 24.2 Å². The number of nitrogens with zero attached hydrogens (tertiary/aromatic N) is 1. The Hall–Kier alpha value is -3.02. The maximum atomic E-state index is 13.1. The van der Waals surface area contributed by atoms with Crippen molar-refractivity contribution in [2.45, 2.75) is 19.5 Å². The fourth-order valence-electron chi connectivity index (χ4n) is 2.69. The van der Waals surface area contributed by atoms with Gasteiger partial charge < -0.3 is 19.5 Å². The van der Waals surface area contributed by atoms with Gasteiger partial charge in [0, 0.05) is 6.54 Å². The van der Waals surface area contributed by atoms with Gasteiger partial charge in [0.2, 0.25) is 0 Å². The molecule has 1 unspecified atom stereocenters. The summed E-state index contributed by atoms with van der Waals surface area (Å²) in [5.41, 5.74) is 1.16. The van der Waals surface area contributed by atoms with E-state index >= 15 is 0 Å². The Kier molecular flexibility index (Phi) is 4.88. The number of amides is 1. The van der Waals surface area contributed by atoms with Crippen LogP contribution < -0.4 is 9.47 Å². The number of aliphatic carboxylic acids is 1. The van der Waals surface area contributed by atoms with E-state index in [9.17, 15) is 14.7 Å². The molecule has 0 aliphatic carbocycles. The van der Waals surface area contributed by atoms with Crippen molar-refractivity contribution in [2.75, 3.05) is 13.2 Å². The first-order chi connectivity index (χ1) is 12.1. The number of benzene rings is 2. The topological polar surface area (TPSA) is 76.1 Å². The standard InChI is InChI=1S/C19H19NO5/c1-13(19(22)23)20(12-14-6-3-2-4-7-14)18(21)15-8-5-9-16-17(15)25-11-10-24-16/h2-9,13H,10-12H2,1H3,(H,22,23). The SMILES string of the molecule is CC(C(=O)O)N(Cc1ccccc1)C(=O)c1cccc2c1OCCO2. The molecular formula is C19H19NO5. The van der Waals surface area contributed by atoms with Gasteiger partial charge in [-0.3, -0.25) is 4.79 Å². The molecule has 0 spiro atoms. The molecule has 0 saturated heterocycles. The summed E-state index contributed by atoms with van der Waals surface area (Å²) in [6, 6.07) is 13.4. The number of hydrogen-bond acceptors (Lipinski definition) is 4. The third kappa shape index (κ3) is 3.57. The van der Waals surface area contributed by atoms with Crippen molar-refractivity contribution in [2.24, 2.45) is 0 Å². The van der Waals surface area contributed by atoms with Gasteiger partial charge in [-0.1, -0.05) is 36.4 Å². The monoisotopic (exact) mass is 341 g/mol. The zero-order valence-electron chi connectivity index (χ0n) is 13.8. The molecular weight excluding hydrogens is 322 g/mol. The molecule has 1 amide bonds. The van der Waals surface area contributed by atoms with Crippen LogP contribution in [-0.2, 0) is 11.3 Å². The van der Waals surface area contributed by atoms with Crippen LogP contribution >= 0.6 is 0 Å². The molecule has 25 heavy (non-hydrogen) atoms. The molecule has 6 nitrogen and oxygen atoms in total. The van der Waals surface area contributed by atoms with Gasteiger partial charge in [-0.25, -0.2) is 4.79 Å². The van der Waals surface area contributed by atoms with E-state index in [-0.39, 0.29) is 6.54 Å². The summed E-state index contributed by atoms with van der Waals surface area (Å²) < 4.78 is 11.1. The molecule has 2 aromatic rings. The third-order valence-electron chi connectivity index (χ3n) is 4.08. The first kappa shape index (κ1) is 16.8. The van der Waals surface area contributed by atoms with Crippen molar-refractivity contribution in [3.63, 3.8) is 0 Å². The van der Waals surface area contributed by atoms with Crippen molar-refractivity contribution in [3.8, 4) is 11.5 Å². The normalized spacial score (nSPS) is 13.8. The molecule has 1 atom stereocenters. The lowest BCUT2D eigenvalue weighted by Gasteiger charge is -2.28. The summed E-state index contributed by atoms with van der Waals surface area (Å²) in [7, 11) is 0. The third-order valence-corrected chi connectivity index (χ3v) is 4.08. The molecule has 0 aromatic heterocycles. The zero-order chi connectivity index (χ0) is 17.8. The summed E-state index contributed by atoms with van der Waals surface area (Å²) in [6.07, 6.45) is 0. The number of hydrogen-bond donors (Lipinski definition) is 1. The minimum atomic E-state index is -1.06. The average Bonchev–Trinajstić information content (AvgIpc) is 2.65. The molecule has 1 heterocycles. The average molecular weight is 341 g/mol. The Labute approximate surface area is 145 Å². The minimum absolute atomic E-state index is 0.192. The summed E-state index contributed by atoms with van der Waals surface area (Å²) in [5, 5.41) is 9.41. The van der Waals surface area contributed by atoms with Gasteiger partial charge in [-0.2, -0.15) is 0 Å². The van der Waals surface area contributed by atoms with Gasteiger partial charge in [0.15, 0.2) is 11.5 Å².